The molecule has 0 bridgehead atoms. The molecule has 1 aliphatic heterocycles. The fraction of sp³-hybridized carbons (Fsp3) is 0.562. The Morgan fingerprint density at radius 2 is 1.70 bits per heavy atom. The zero-order valence-corrected chi connectivity index (χ0v) is 14.3. The summed E-state index contributed by atoms with van der Waals surface area (Å²) in [5, 5.41) is 0. The van der Waals surface area contributed by atoms with Crippen molar-refractivity contribution in [2.75, 3.05) is 13.1 Å². The van der Waals surface area contributed by atoms with Crippen LogP contribution in [0.1, 0.15) is 33.1 Å². The molecule has 0 unspecified atom stereocenters. The van der Waals surface area contributed by atoms with Crippen molar-refractivity contribution < 1.29 is 17.6 Å². The molecular weight excluding hydrogens is 319 g/mol. The molecule has 1 aliphatic rings. The summed E-state index contributed by atoms with van der Waals surface area (Å²) >= 11 is 0. The summed E-state index contributed by atoms with van der Waals surface area (Å²) in [6, 6.07) is 3.75. The van der Waals surface area contributed by atoms with E-state index in [1.54, 1.807) is 18.7 Å². The van der Waals surface area contributed by atoms with Crippen LogP contribution in [0.25, 0.3) is 0 Å². The topological polar surface area (TPSA) is 66.5 Å². The van der Waals surface area contributed by atoms with Gasteiger partial charge in [0.2, 0.25) is 15.9 Å². The molecule has 0 spiro atoms. The summed E-state index contributed by atoms with van der Waals surface area (Å²) in [5.41, 5.74) is 0. The summed E-state index contributed by atoms with van der Waals surface area (Å²) in [6.45, 7) is 4.94. The van der Waals surface area contributed by atoms with Crippen molar-refractivity contribution in [3.8, 4) is 0 Å². The van der Waals surface area contributed by atoms with Gasteiger partial charge in [0, 0.05) is 13.1 Å². The molecule has 1 fully saturated rings. The van der Waals surface area contributed by atoms with E-state index in [-0.39, 0.29) is 16.7 Å². The minimum atomic E-state index is -3.87. The molecule has 0 aromatic heterocycles. The van der Waals surface area contributed by atoms with Crippen LogP contribution >= 0.6 is 0 Å². The molecule has 1 aromatic carbocycles. The molecule has 1 amide bonds. The molecule has 23 heavy (non-hydrogen) atoms. The van der Waals surface area contributed by atoms with Crippen LogP contribution in [0.3, 0.4) is 0 Å². The number of sulfonamides is 1. The largest absolute Gasteiger partial charge is 0.341 e. The lowest BCUT2D eigenvalue weighted by Gasteiger charge is -2.32. The summed E-state index contributed by atoms with van der Waals surface area (Å²) in [6.07, 6.45) is 2.99. The van der Waals surface area contributed by atoms with Crippen LogP contribution in [-0.2, 0) is 14.8 Å². The number of amides is 1. The SMILES string of the molecule is CC(C)[C@H](NS(=O)(=O)c1ccc(F)cc1)C(=O)N1CCCCC1. The lowest BCUT2D eigenvalue weighted by atomic mass is 10.0. The molecular formula is C16H23FN2O3S. The van der Waals surface area contributed by atoms with Gasteiger partial charge in [-0.1, -0.05) is 13.8 Å². The minimum Gasteiger partial charge on any atom is -0.341 e. The summed E-state index contributed by atoms with van der Waals surface area (Å²) in [4.78, 5) is 14.3. The number of halogens is 1. The normalized spacial score (nSPS) is 17.3. The van der Waals surface area contributed by atoms with Gasteiger partial charge in [-0.05, 0) is 49.4 Å². The Morgan fingerprint density at radius 1 is 1.13 bits per heavy atom. The number of carbonyl (C=O) groups excluding carboxylic acids is 1. The van der Waals surface area contributed by atoms with E-state index in [2.05, 4.69) is 4.72 Å². The predicted molar refractivity (Wildman–Crippen MR) is 85.8 cm³/mol. The van der Waals surface area contributed by atoms with E-state index < -0.39 is 21.9 Å². The number of benzene rings is 1. The molecule has 1 atom stereocenters. The zero-order valence-electron chi connectivity index (χ0n) is 13.5. The van der Waals surface area contributed by atoms with Gasteiger partial charge in [-0.2, -0.15) is 4.72 Å². The summed E-state index contributed by atoms with van der Waals surface area (Å²) in [5.74, 6) is -0.876. The number of piperidine rings is 1. The fourth-order valence-corrected chi connectivity index (χ4v) is 3.97. The molecule has 1 N–H and O–H groups in total. The Bertz CT molecular complexity index is 638. The van der Waals surface area contributed by atoms with Gasteiger partial charge in [0.05, 0.1) is 4.90 Å². The van der Waals surface area contributed by atoms with E-state index in [1.165, 1.54) is 12.1 Å². The van der Waals surface area contributed by atoms with Crippen molar-refractivity contribution >= 4 is 15.9 Å². The van der Waals surface area contributed by atoms with E-state index in [0.717, 1.165) is 31.4 Å². The summed E-state index contributed by atoms with van der Waals surface area (Å²) < 4.78 is 40.3. The van der Waals surface area contributed by atoms with Crippen molar-refractivity contribution in [3.63, 3.8) is 0 Å². The maximum Gasteiger partial charge on any atom is 0.241 e. The van der Waals surface area contributed by atoms with Crippen LogP contribution in [0.5, 0.6) is 0 Å². The van der Waals surface area contributed by atoms with E-state index >= 15 is 0 Å². The molecule has 1 heterocycles. The quantitative estimate of drug-likeness (QED) is 0.891. The number of rotatable bonds is 5. The maximum absolute atomic E-state index is 13.0. The second-order valence-corrected chi connectivity index (χ2v) is 7.90. The van der Waals surface area contributed by atoms with Gasteiger partial charge in [0.1, 0.15) is 11.9 Å². The van der Waals surface area contributed by atoms with E-state index in [1.807, 2.05) is 0 Å². The molecule has 0 aliphatic carbocycles. The average Bonchev–Trinajstić information content (AvgIpc) is 2.53. The highest BCUT2D eigenvalue weighted by atomic mass is 32.2. The Morgan fingerprint density at radius 3 is 2.22 bits per heavy atom. The first kappa shape index (κ1) is 17.9. The molecule has 1 aromatic rings. The van der Waals surface area contributed by atoms with Gasteiger partial charge in [0.25, 0.3) is 0 Å². The highest BCUT2D eigenvalue weighted by Gasteiger charge is 2.32. The smallest absolute Gasteiger partial charge is 0.241 e. The first-order valence-corrected chi connectivity index (χ1v) is 9.36. The van der Waals surface area contributed by atoms with Crippen LogP contribution in [0.2, 0.25) is 0 Å². The molecule has 1 saturated heterocycles. The van der Waals surface area contributed by atoms with Gasteiger partial charge >= 0.3 is 0 Å². The number of likely N-dealkylation sites (tertiary alicyclic amines) is 1. The Balaban J connectivity index is 2.17. The van der Waals surface area contributed by atoms with E-state index in [0.29, 0.717) is 13.1 Å². The molecule has 128 valence electrons. The van der Waals surface area contributed by atoms with Crippen molar-refractivity contribution in [1.29, 1.82) is 0 Å². The second-order valence-electron chi connectivity index (χ2n) is 6.18. The van der Waals surface area contributed by atoms with Crippen LogP contribution in [0.15, 0.2) is 29.2 Å². The van der Waals surface area contributed by atoms with Crippen molar-refractivity contribution in [1.82, 2.24) is 9.62 Å². The van der Waals surface area contributed by atoms with Crippen LogP contribution in [0, 0.1) is 11.7 Å². The summed E-state index contributed by atoms with van der Waals surface area (Å²) in [7, 11) is -3.87. The lowest BCUT2D eigenvalue weighted by molar-refractivity contribution is -0.134. The lowest BCUT2D eigenvalue weighted by Crippen LogP contribution is -2.52. The van der Waals surface area contributed by atoms with E-state index in [4.69, 9.17) is 0 Å². The highest BCUT2D eigenvalue weighted by Crippen LogP contribution is 2.16. The van der Waals surface area contributed by atoms with Gasteiger partial charge in [-0.15, -0.1) is 0 Å². The Kier molecular flexibility index (Phi) is 5.75. The number of nitrogens with zero attached hydrogens (tertiary/aromatic N) is 1. The number of hydrogen-bond acceptors (Lipinski definition) is 3. The third-order valence-electron chi connectivity index (χ3n) is 4.01. The van der Waals surface area contributed by atoms with Crippen LogP contribution in [-0.4, -0.2) is 38.4 Å². The average molecular weight is 342 g/mol. The first-order valence-electron chi connectivity index (χ1n) is 7.88. The van der Waals surface area contributed by atoms with Crippen molar-refractivity contribution in [2.45, 2.75) is 44.0 Å². The van der Waals surface area contributed by atoms with Crippen molar-refractivity contribution in [2.24, 2.45) is 5.92 Å². The predicted octanol–water partition coefficient (Wildman–Crippen LogP) is 2.14. The van der Waals surface area contributed by atoms with Crippen LogP contribution < -0.4 is 4.72 Å². The third-order valence-corrected chi connectivity index (χ3v) is 5.46. The fourth-order valence-electron chi connectivity index (χ4n) is 2.63. The number of nitrogens with one attached hydrogen (secondary N) is 1. The molecule has 0 radical (unpaired) electrons. The second kappa shape index (κ2) is 7.40. The minimum absolute atomic E-state index is 0.0454. The number of carbonyl (C=O) groups is 1. The van der Waals surface area contributed by atoms with Gasteiger partial charge in [-0.25, -0.2) is 12.8 Å². The highest BCUT2D eigenvalue weighted by molar-refractivity contribution is 7.89. The monoisotopic (exact) mass is 342 g/mol. The zero-order chi connectivity index (χ0) is 17.0. The molecule has 7 heteroatoms. The molecule has 5 nitrogen and oxygen atoms in total. The van der Waals surface area contributed by atoms with Crippen LogP contribution in [0.4, 0.5) is 4.39 Å². The first-order chi connectivity index (χ1) is 10.8. The van der Waals surface area contributed by atoms with Gasteiger partial charge < -0.3 is 4.90 Å². The Hall–Kier alpha value is -1.47. The maximum atomic E-state index is 13.0. The van der Waals surface area contributed by atoms with Crippen molar-refractivity contribution in [3.05, 3.63) is 30.1 Å². The number of hydrogen-bond donors (Lipinski definition) is 1. The molecule has 0 saturated carbocycles. The van der Waals surface area contributed by atoms with Gasteiger partial charge in [-0.3, -0.25) is 4.79 Å². The third kappa shape index (κ3) is 4.51. The standard InChI is InChI=1S/C16H23FN2O3S/c1-12(2)15(16(20)19-10-4-3-5-11-19)18-23(21,22)14-8-6-13(17)7-9-14/h6-9,12,15,18H,3-5,10-11H2,1-2H3/t15-/m0/s1. The molecule has 2 rings (SSSR count). The van der Waals surface area contributed by atoms with Gasteiger partial charge in [0.15, 0.2) is 0 Å². The Labute approximate surface area is 136 Å². The van der Waals surface area contributed by atoms with E-state index in [9.17, 15) is 17.6 Å².